The minimum absolute atomic E-state index is 0.0831. The summed E-state index contributed by atoms with van der Waals surface area (Å²) in [4.78, 5) is 41.6. The van der Waals surface area contributed by atoms with Crippen LogP contribution >= 0.6 is 11.3 Å². The SMILES string of the molecule is Cc1cccc(N2CCN(C(=O)c3csc4c(=O)[nH]c(-c5ccccn5)nc34)CC2)c1. The number of aromatic nitrogens is 3. The molecule has 156 valence electrons. The van der Waals surface area contributed by atoms with Crippen LogP contribution in [0, 0.1) is 6.92 Å². The zero-order valence-electron chi connectivity index (χ0n) is 17.0. The number of amides is 1. The number of piperazine rings is 1. The van der Waals surface area contributed by atoms with Crippen LogP contribution in [0.2, 0.25) is 0 Å². The molecule has 0 saturated carbocycles. The normalized spacial score (nSPS) is 14.2. The summed E-state index contributed by atoms with van der Waals surface area (Å²) in [6, 6.07) is 13.8. The van der Waals surface area contributed by atoms with Crippen molar-refractivity contribution in [3.05, 3.63) is 75.5 Å². The molecule has 1 aliphatic rings. The lowest BCUT2D eigenvalue weighted by molar-refractivity contribution is 0.0749. The second-order valence-corrected chi connectivity index (χ2v) is 8.45. The van der Waals surface area contributed by atoms with Crippen molar-refractivity contribution in [2.75, 3.05) is 31.1 Å². The number of anilines is 1. The quantitative estimate of drug-likeness (QED) is 0.538. The Balaban J connectivity index is 1.40. The van der Waals surface area contributed by atoms with Gasteiger partial charge >= 0.3 is 0 Å². The van der Waals surface area contributed by atoms with Gasteiger partial charge in [-0.1, -0.05) is 18.2 Å². The van der Waals surface area contributed by atoms with Gasteiger partial charge in [-0.15, -0.1) is 11.3 Å². The summed E-state index contributed by atoms with van der Waals surface area (Å²) in [5.41, 5.74) is 3.65. The van der Waals surface area contributed by atoms with Crippen molar-refractivity contribution >= 4 is 33.1 Å². The fourth-order valence-corrected chi connectivity index (χ4v) is 4.74. The first-order valence-electron chi connectivity index (χ1n) is 10.1. The van der Waals surface area contributed by atoms with E-state index in [-0.39, 0.29) is 11.5 Å². The molecule has 1 aromatic carbocycles. The molecule has 0 aliphatic carbocycles. The van der Waals surface area contributed by atoms with Crippen LogP contribution < -0.4 is 10.5 Å². The molecule has 1 N–H and O–H groups in total. The van der Waals surface area contributed by atoms with Crippen LogP contribution in [0.3, 0.4) is 0 Å². The second-order valence-electron chi connectivity index (χ2n) is 7.57. The average molecular weight is 432 g/mol. The Hall–Kier alpha value is -3.52. The molecule has 1 aliphatic heterocycles. The van der Waals surface area contributed by atoms with Gasteiger partial charge in [-0.25, -0.2) is 4.98 Å². The van der Waals surface area contributed by atoms with E-state index in [1.807, 2.05) is 11.0 Å². The van der Waals surface area contributed by atoms with Crippen molar-refractivity contribution in [3.63, 3.8) is 0 Å². The molecule has 1 amide bonds. The zero-order chi connectivity index (χ0) is 21.4. The standard InChI is InChI=1S/C23H21N5O2S/c1-15-5-4-6-16(13-15)27-9-11-28(12-10-27)23(30)17-14-31-20-19(17)25-21(26-22(20)29)18-7-2-3-8-24-18/h2-8,13-14H,9-12H2,1H3,(H,25,26,29). The predicted molar refractivity (Wildman–Crippen MR) is 123 cm³/mol. The molecule has 1 saturated heterocycles. The molecule has 0 atom stereocenters. The Bertz CT molecular complexity index is 1310. The van der Waals surface area contributed by atoms with Crippen LogP contribution in [-0.2, 0) is 0 Å². The predicted octanol–water partition coefficient (Wildman–Crippen LogP) is 3.32. The van der Waals surface area contributed by atoms with Crippen molar-refractivity contribution < 1.29 is 4.79 Å². The molecular weight excluding hydrogens is 410 g/mol. The van der Waals surface area contributed by atoms with E-state index in [1.54, 1.807) is 23.7 Å². The number of benzene rings is 1. The number of fused-ring (bicyclic) bond motifs is 1. The van der Waals surface area contributed by atoms with Gasteiger partial charge in [-0.2, -0.15) is 0 Å². The molecule has 7 nitrogen and oxygen atoms in total. The van der Waals surface area contributed by atoms with E-state index in [4.69, 9.17) is 0 Å². The van der Waals surface area contributed by atoms with Crippen LogP contribution in [0.4, 0.5) is 5.69 Å². The topological polar surface area (TPSA) is 82.2 Å². The fraction of sp³-hybridized carbons (Fsp3) is 0.217. The van der Waals surface area contributed by atoms with Crippen LogP contribution in [0.25, 0.3) is 21.7 Å². The number of rotatable bonds is 3. The van der Waals surface area contributed by atoms with Crippen molar-refractivity contribution in [2.24, 2.45) is 0 Å². The number of pyridine rings is 1. The van der Waals surface area contributed by atoms with E-state index in [9.17, 15) is 9.59 Å². The highest BCUT2D eigenvalue weighted by atomic mass is 32.1. The summed E-state index contributed by atoms with van der Waals surface area (Å²) in [6.45, 7) is 4.87. The maximum Gasteiger partial charge on any atom is 0.269 e. The van der Waals surface area contributed by atoms with Crippen LogP contribution in [0.5, 0.6) is 0 Å². The summed E-state index contributed by atoms with van der Waals surface area (Å²) >= 11 is 1.25. The molecule has 0 spiro atoms. The fourth-order valence-electron chi connectivity index (χ4n) is 3.87. The lowest BCUT2D eigenvalue weighted by Gasteiger charge is -2.36. The van der Waals surface area contributed by atoms with Crippen molar-refractivity contribution in [3.8, 4) is 11.5 Å². The lowest BCUT2D eigenvalue weighted by atomic mass is 10.1. The number of nitrogens with one attached hydrogen (secondary N) is 1. The van der Waals surface area contributed by atoms with E-state index >= 15 is 0 Å². The van der Waals surface area contributed by atoms with E-state index in [0.29, 0.717) is 40.4 Å². The third kappa shape index (κ3) is 3.70. The number of aryl methyl sites for hydroxylation is 1. The number of aromatic amines is 1. The summed E-state index contributed by atoms with van der Waals surface area (Å²) in [6.07, 6.45) is 1.65. The lowest BCUT2D eigenvalue weighted by Crippen LogP contribution is -2.48. The first kappa shape index (κ1) is 19.4. The third-order valence-corrected chi connectivity index (χ3v) is 6.47. The number of carbonyl (C=O) groups is 1. The molecular formula is C23H21N5O2S. The number of hydrogen-bond acceptors (Lipinski definition) is 6. The Kier molecular flexibility index (Phi) is 4.99. The van der Waals surface area contributed by atoms with Crippen LogP contribution in [0.15, 0.2) is 58.8 Å². The Morgan fingerprint density at radius 3 is 2.68 bits per heavy atom. The summed E-state index contributed by atoms with van der Waals surface area (Å²) in [5, 5.41) is 1.74. The summed E-state index contributed by atoms with van der Waals surface area (Å²) in [7, 11) is 0. The number of carbonyl (C=O) groups excluding carboxylic acids is 1. The van der Waals surface area contributed by atoms with Gasteiger partial charge in [-0.05, 0) is 36.8 Å². The van der Waals surface area contributed by atoms with Gasteiger partial charge in [0.25, 0.3) is 11.5 Å². The molecule has 31 heavy (non-hydrogen) atoms. The average Bonchev–Trinajstić information content (AvgIpc) is 3.24. The molecule has 0 radical (unpaired) electrons. The van der Waals surface area contributed by atoms with Gasteiger partial charge in [-0.3, -0.25) is 14.6 Å². The highest BCUT2D eigenvalue weighted by Gasteiger charge is 2.26. The molecule has 3 aromatic heterocycles. The van der Waals surface area contributed by atoms with E-state index < -0.39 is 0 Å². The summed E-state index contributed by atoms with van der Waals surface area (Å²) in [5.74, 6) is 0.287. The minimum Gasteiger partial charge on any atom is -0.368 e. The van der Waals surface area contributed by atoms with E-state index in [0.717, 1.165) is 13.1 Å². The van der Waals surface area contributed by atoms with Gasteiger partial charge in [0.15, 0.2) is 5.82 Å². The van der Waals surface area contributed by atoms with E-state index in [2.05, 4.69) is 51.0 Å². The maximum atomic E-state index is 13.3. The molecule has 8 heteroatoms. The second kappa shape index (κ2) is 7.96. The molecule has 4 aromatic rings. The molecule has 0 bridgehead atoms. The third-order valence-electron chi connectivity index (χ3n) is 5.50. The Morgan fingerprint density at radius 2 is 1.94 bits per heavy atom. The van der Waals surface area contributed by atoms with Gasteiger partial charge in [0.05, 0.1) is 5.56 Å². The van der Waals surface area contributed by atoms with Gasteiger partial charge in [0.2, 0.25) is 0 Å². The number of H-pyrrole nitrogens is 1. The number of nitrogens with zero attached hydrogens (tertiary/aromatic N) is 4. The van der Waals surface area contributed by atoms with Crippen LogP contribution in [0.1, 0.15) is 15.9 Å². The number of thiophene rings is 1. The first-order valence-corrected chi connectivity index (χ1v) is 11.0. The van der Waals surface area contributed by atoms with Gasteiger partial charge in [0, 0.05) is 43.4 Å². The monoisotopic (exact) mass is 431 g/mol. The van der Waals surface area contributed by atoms with Crippen molar-refractivity contribution in [2.45, 2.75) is 6.92 Å². The van der Waals surface area contributed by atoms with Crippen LogP contribution in [-0.4, -0.2) is 51.9 Å². The highest BCUT2D eigenvalue weighted by molar-refractivity contribution is 7.17. The summed E-state index contributed by atoms with van der Waals surface area (Å²) < 4.78 is 0.460. The Morgan fingerprint density at radius 1 is 1.10 bits per heavy atom. The molecule has 1 fully saturated rings. The zero-order valence-corrected chi connectivity index (χ0v) is 17.9. The highest BCUT2D eigenvalue weighted by Crippen LogP contribution is 2.25. The smallest absolute Gasteiger partial charge is 0.269 e. The van der Waals surface area contributed by atoms with Crippen molar-refractivity contribution in [1.29, 1.82) is 0 Å². The van der Waals surface area contributed by atoms with Gasteiger partial charge in [0.1, 0.15) is 15.9 Å². The van der Waals surface area contributed by atoms with Gasteiger partial charge < -0.3 is 14.8 Å². The minimum atomic E-state index is -0.251. The van der Waals surface area contributed by atoms with E-state index in [1.165, 1.54) is 22.6 Å². The molecule has 5 rings (SSSR count). The maximum absolute atomic E-state index is 13.3. The number of hydrogen-bond donors (Lipinski definition) is 1. The largest absolute Gasteiger partial charge is 0.368 e. The molecule has 0 unspecified atom stereocenters. The molecule has 4 heterocycles. The van der Waals surface area contributed by atoms with Crippen molar-refractivity contribution in [1.82, 2.24) is 19.9 Å². The Labute approximate surface area is 183 Å². The first-order chi connectivity index (χ1) is 15.1.